The molecule has 1 fully saturated rings. The number of carbonyl (C=O) groups is 2. The summed E-state index contributed by atoms with van der Waals surface area (Å²) in [5, 5.41) is 12.9. The van der Waals surface area contributed by atoms with Crippen molar-refractivity contribution in [2.75, 3.05) is 41.3 Å². The SMILES string of the molecule is CN(C)CCCN1C(=O)C(=O)/C(=C(/O)c2ccc(S(=O)(=O)N(C)C)cc2)[C@@H]1c1cccs1. The van der Waals surface area contributed by atoms with Crippen molar-refractivity contribution in [1.29, 1.82) is 0 Å². The van der Waals surface area contributed by atoms with Gasteiger partial charge in [-0.3, -0.25) is 9.59 Å². The summed E-state index contributed by atoms with van der Waals surface area (Å²) in [5.74, 6) is -1.70. The summed E-state index contributed by atoms with van der Waals surface area (Å²) in [6, 6.07) is 8.62. The third-order valence-corrected chi connectivity index (χ3v) is 8.02. The Morgan fingerprint density at radius 1 is 1.09 bits per heavy atom. The number of carbonyl (C=O) groups excluding carboxylic acids is 2. The van der Waals surface area contributed by atoms with E-state index >= 15 is 0 Å². The van der Waals surface area contributed by atoms with Crippen LogP contribution in [0.5, 0.6) is 0 Å². The second-order valence-corrected chi connectivity index (χ2v) is 11.1. The minimum Gasteiger partial charge on any atom is -0.507 e. The van der Waals surface area contributed by atoms with Gasteiger partial charge in [-0.2, -0.15) is 0 Å². The topological polar surface area (TPSA) is 98.2 Å². The van der Waals surface area contributed by atoms with Crippen LogP contribution in [-0.4, -0.2) is 80.6 Å². The van der Waals surface area contributed by atoms with Crippen LogP contribution >= 0.6 is 11.3 Å². The molecule has 3 rings (SSSR count). The number of rotatable bonds is 8. The third kappa shape index (κ3) is 4.63. The molecular weight excluding hydrogens is 450 g/mol. The van der Waals surface area contributed by atoms with Crippen molar-refractivity contribution in [3.8, 4) is 0 Å². The predicted molar refractivity (Wildman–Crippen MR) is 124 cm³/mol. The van der Waals surface area contributed by atoms with Gasteiger partial charge in [0.25, 0.3) is 11.7 Å². The Bertz CT molecular complexity index is 1120. The average molecular weight is 478 g/mol. The van der Waals surface area contributed by atoms with Gasteiger partial charge in [-0.15, -0.1) is 11.3 Å². The van der Waals surface area contributed by atoms with Crippen LogP contribution in [-0.2, 0) is 19.6 Å². The molecule has 1 aliphatic heterocycles. The zero-order chi connectivity index (χ0) is 23.6. The molecule has 8 nitrogen and oxygen atoms in total. The molecule has 0 unspecified atom stereocenters. The molecule has 1 N–H and O–H groups in total. The minimum atomic E-state index is -3.63. The number of thiophene rings is 1. The molecule has 10 heteroatoms. The first-order valence-corrected chi connectivity index (χ1v) is 12.4. The normalized spacial score (nSPS) is 18.8. The lowest BCUT2D eigenvalue weighted by atomic mass is 10.00. The maximum atomic E-state index is 12.9. The number of aliphatic hydroxyl groups excluding tert-OH is 1. The lowest BCUT2D eigenvalue weighted by Gasteiger charge is -2.24. The number of likely N-dealkylation sites (tertiary alicyclic amines) is 1. The van der Waals surface area contributed by atoms with E-state index in [0.717, 1.165) is 15.7 Å². The molecule has 1 aliphatic rings. The number of amides is 1. The van der Waals surface area contributed by atoms with Crippen molar-refractivity contribution in [2.24, 2.45) is 0 Å². The molecule has 2 aromatic rings. The molecule has 1 atom stereocenters. The number of hydrogen-bond donors (Lipinski definition) is 1. The molecule has 1 amide bonds. The van der Waals surface area contributed by atoms with Gasteiger partial charge >= 0.3 is 0 Å². The summed E-state index contributed by atoms with van der Waals surface area (Å²) in [6.07, 6.45) is 0.680. The van der Waals surface area contributed by atoms with Crippen LogP contribution < -0.4 is 0 Å². The minimum absolute atomic E-state index is 0.0190. The molecule has 172 valence electrons. The zero-order valence-corrected chi connectivity index (χ0v) is 20.1. The van der Waals surface area contributed by atoms with Crippen molar-refractivity contribution in [3.63, 3.8) is 0 Å². The fraction of sp³-hybridized carbons (Fsp3) is 0.364. The summed E-state index contributed by atoms with van der Waals surface area (Å²) in [6.45, 7) is 1.13. The predicted octanol–water partition coefficient (Wildman–Crippen LogP) is 2.37. The standard InChI is InChI=1S/C22H27N3O5S2/c1-23(2)12-6-13-25-19(17-7-5-14-31-17)18(21(27)22(25)28)20(26)15-8-10-16(11-9-15)32(29,30)24(3)4/h5,7-11,14,19,26H,6,12-13H2,1-4H3/b20-18+/t19-/m0/s1. The number of nitrogens with zero attached hydrogens (tertiary/aromatic N) is 3. The number of hydrogen-bond acceptors (Lipinski definition) is 7. The first-order chi connectivity index (χ1) is 15.1. The second kappa shape index (κ2) is 9.53. The Balaban J connectivity index is 2.03. The van der Waals surface area contributed by atoms with Crippen LogP contribution in [0.2, 0.25) is 0 Å². The van der Waals surface area contributed by atoms with E-state index in [1.54, 1.807) is 0 Å². The molecule has 0 spiro atoms. The Kier molecular flexibility index (Phi) is 7.19. The van der Waals surface area contributed by atoms with E-state index in [2.05, 4.69) is 0 Å². The van der Waals surface area contributed by atoms with Gasteiger partial charge in [-0.1, -0.05) is 6.07 Å². The van der Waals surface area contributed by atoms with Crippen molar-refractivity contribution < 1.29 is 23.1 Å². The number of benzene rings is 1. The number of sulfonamides is 1. The average Bonchev–Trinajstić information content (AvgIpc) is 3.35. The highest BCUT2D eigenvalue weighted by Gasteiger charge is 2.46. The summed E-state index contributed by atoms with van der Waals surface area (Å²) in [5.41, 5.74) is 0.293. The Hall–Kier alpha value is -2.53. The summed E-state index contributed by atoms with van der Waals surface area (Å²) in [4.78, 5) is 30.1. The summed E-state index contributed by atoms with van der Waals surface area (Å²) < 4.78 is 25.7. The lowest BCUT2D eigenvalue weighted by molar-refractivity contribution is -0.139. The fourth-order valence-corrected chi connectivity index (χ4v) is 5.31. The van der Waals surface area contributed by atoms with Gasteiger partial charge in [0, 0.05) is 31.1 Å². The monoisotopic (exact) mass is 477 g/mol. The van der Waals surface area contributed by atoms with Crippen molar-refractivity contribution in [2.45, 2.75) is 17.4 Å². The zero-order valence-electron chi connectivity index (χ0n) is 18.5. The Morgan fingerprint density at radius 2 is 1.75 bits per heavy atom. The molecule has 1 aromatic heterocycles. The van der Waals surface area contributed by atoms with Crippen LogP contribution in [0, 0.1) is 0 Å². The number of Topliss-reactive ketones (excluding diaryl/α,β-unsaturated/α-hetero) is 1. The first-order valence-electron chi connectivity index (χ1n) is 10.0. The highest BCUT2D eigenvalue weighted by atomic mass is 32.2. The maximum absolute atomic E-state index is 12.9. The van der Waals surface area contributed by atoms with E-state index in [1.165, 1.54) is 54.6 Å². The molecule has 1 saturated heterocycles. The van der Waals surface area contributed by atoms with Gasteiger partial charge in [0.2, 0.25) is 10.0 Å². The summed E-state index contributed by atoms with van der Waals surface area (Å²) >= 11 is 1.41. The number of aliphatic hydroxyl groups is 1. The van der Waals surface area contributed by atoms with E-state index in [0.29, 0.717) is 13.0 Å². The van der Waals surface area contributed by atoms with Crippen molar-refractivity contribution >= 4 is 38.8 Å². The smallest absolute Gasteiger partial charge is 0.295 e. The van der Waals surface area contributed by atoms with E-state index in [1.807, 2.05) is 36.5 Å². The van der Waals surface area contributed by atoms with E-state index in [-0.39, 0.29) is 21.8 Å². The molecule has 32 heavy (non-hydrogen) atoms. The molecule has 0 saturated carbocycles. The molecule has 2 heterocycles. The molecule has 0 bridgehead atoms. The van der Waals surface area contributed by atoms with Crippen LogP contribution in [0.3, 0.4) is 0 Å². The van der Waals surface area contributed by atoms with Crippen LogP contribution in [0.1, 0.15) is 22.9 Å². The highest BCUT2D eigenvalue weighted by molar-refractivity contribution is 7.89. The van der Waals surface area contributed by atoms with E-state index in [9.17, 15) is 23.1 Å². The van der Waals surface area contributed by atoms with E-state index < -0.39 is 27.8 Å². The van der Waals surface area contributed by atoms with Gasteiger partial charge in [0.15, 0.2) is 0 Å². The number of ketones is 1. The highest BCUT2D eigenvalue weighted by Crippen LogP contribution is 2.41. The molecule has 1 aromatic carbocycles. The van der Waals surface area contributed by atoms with Crippen LogP contribution in [0.4, 0.5) is 0 Å². The van der Waals surface area contributed by atoms with Crippen LogP contribution in [0.15, 0.2) is 52.2 Å². The maximum Gasteiger partial charge on any atom is 0.295 e. The Labute approximate surface area is 192 Å². The van der Waals surface area contributed by atoms with E-state index in [4.69, 9.17) is 0 Å². The fourth-order valence-electron chi connectivity index (χ4n) is 3.56. The van der Waals surface area contributed by atoms with Crippen molar-refractivity contribution in [1.82, 2.24) is 14.1 Å². The van der Waals surface area contributed by atoms with Gasteiger partial charge in [-0.05, 0) is 62.8 Å². The van der Waals surface area contributed by atoms with Crippen molar-refractivity contribution in [3.05, 3.63) is 57.8 Å². The summed E-state index contributed by atoms with van der Waals surface area (Å²) in [7, 11) is 3.11. The second-order valence-electron chi connectivity index (χ2n) is 7.98. The largest absolute Gasteiger partial charge is 0.507 e. The Morgan fingerprint density at radius 3 is 2.28 bits per heavy atom. The molecule has 0 aliphatic carbocycles. The van der Waals surface area contributed by atoms with Gasteiger partial charge in [-0.25, -0.2) is 12.7 Å². The quantitative estimate of drug-likeness (QED) is 0.356. The van der Waals surface area contributed by atoms with Gasteiger partial charge in [0.05, 0.1) is 16.5 Å². The van der Waals surface area contributed by atoms with Crippen LogP contribution in [0.25, 0.3) is 5.76 Å². The molecule has 0 radical (unpaired) electrons. The lowest BCUT2D eigenvalue weighted by Crippen LogP contribution is -2.32. The third-order valence-electron chi connectivity index (χ3n) is 5.26. The van der Waals surface area contributed by atoms with Gasteiger partial charge < -0.3 is 14.9 Å². The first kappa shape index (κ1) is 24.1. The molecular formula is C22H27N3O5S2. The van der Waals surface area contributed by atoms with Gasteiger partial charge in [0.1, 0.15) is 5.76 Å².